The molecule has 2 aromatic rings. The summed E-state index contributed by atoms with van der Waals surface area (Å²) >= 11 is 0. The Labute approximate surface area is 128 Å². The molecular weight excluding hydrogens is 322 g/mol. The molecule has 0 aliphatic carbocycles. The summed E-state index contributed by atoms with van der Waals surface area (Å²) in [6.07, 6.45) is -9.73. The van der Waals surface area contributed by atoms with Gasteiger partial charge in [-0.25, -0.2) is 0 Å². The van der Waals surface area contributed by atoms with Gasteiger partial charge < -0.3 is 4.74 Å². The summed E-state index contributed by atoms with van der Waals surface area (Å²) in [4.78, 5) is 0. The van der Waals surface area contributed by atoms with Crippen LogP contribution in [0.5, 0.6) is 5.75 Å². The zero-order valence-electron chi connectivity index (χ0n) is 12.1. The van der Waals surface area contributed by atoms with Crippen molar-refractivity contribution in [3.8, 4) is 16.9 Å². The lowest BCUT2D eigenvalue weighted by Gasteiger charge is -2.15. The molecule has 2 rings (SSSR count). The van der Waals surface area contributed by atoms with E-state index >= 15 is 0 Å². The zero-order valence-corrected chi connectivity index (χ0v) is 12.1. The summed E-state index contributed by atoms with van der Waals surface area (Å²) in [6, 6.07) is 5.92. The van der Waals surface area contributed by atoms with E-state index < -0.39 is 23.5 Å². The van der Waals surface area contributed by atoms with Crippen LogP contribution in [0.25, 0.3) is 11.1 Å². The Bertz CT molecular complexity index is 683. The van der Waals surface area contributed by atoms with Gasteiger partial charge in [-0.2, -0.15) is 26.3 Å². The van der Waals surface area contributed by atoms with Crippen molar-refractivity contribution in [1.29, 1.82) is 0 Å². The minimum absolute atomic E-state index is 0.111. The highest BCUT2D eigenvalue weighted by atomic mass is 19.4. The molecule has 0 unspecified atom stereocenters. The molecule has 2 aromatic carbocycles. The molecule has 0 aliphatic rings. The van der Waals surface area contributed by atoms with Crippen LogP contribution in [0, 0.1) is 6.92 Å². The first-order valence-electron chi connectivity index (χ1n) is 6.47. The number of halogens is 6. The average Bonchev–Trinajstić information content (AvgIpc) is 2.45. The lowest BCUT2D eigenvalue weighted by atomic mass is 9.98. The van der Waals surface area contributed by atoms with E-state index in [1.54, 1.807) is 6.92 Å². The van der Waals surface area contributed by atoms with Crippen LogP contribution >= 0.6 is 0 Å². The number of benzene rings is 2. The lowest BCUT2D eigenvalue weighted by Crippen LogP contribution is -2.11. The van der Waals surface area contributed by atoms with Crippen LogP contribution in [0.4, 0.5) is 26.3 Å². The second-order valence-corrected chi connectivity index (χ2v) is 4.98. The van der Waals surface area contributed by atoms with Crippen LogP contribution in [-0.2, 0) is 12.4 Å². The highest BCUT2D eigenvalue weighted by Crippen LogP contribution is 2.39. The van der Waals surface area contributed by atoms with Gasteiger partial charge in [0.15, 0.2) is 0 Å². The Morgan fingerprint density at radius 3 is 1.65 bits per heavy atom. The Morgan fingerprint density at radius 2 is 1.26 bits per heavy atom. The van der Waals surface area contributed by atoms with Gasteiger partial charge in [0, 0.05) is 0 Å². The van der Waals surface area contributed by atoms with E-state index in [1.807, 2.05) is 0 Å². The second-order valence-electron chi connectivity index (χ2n) is 4.98. The van der Waals surface area contributed by atoms with E-state index in [9.17, 15) is 26.3 Å². The first kappa shape index (κ1) is 17.2. The largest absolute Gasteiger partial charge is 0.496 e. The highest BCUT2D eigenvalue weighted by molar-refractivity contribution is 5.67. The van der Waals surface area contributed by atoms with Crippen molar-refractivity contribution in [2.45, 2.75) is 19.3 Å². The van der Waals surface area contributed by atoms with Gasteiger partial charge in [0.1, 0.15) is 5.75 Å². The van der Waals surface area contributed by atoms with Gasteiger partial charge in [-0.1, -0.05) is 6.07 Å². The van der Waals surface area contributed by atoms with Crippen LogP contribution in [0.1, 0.15) is 16.7 Å². The van der Waals surface area contributed by atoms with Crippen molar-refractivity contribution in [3.05, 3.63) is 53.1 Å². The van der Waals surface area contributed by atoms with Crippen molar-refractivity contribution in [2.75, 3.05) is 7.11 Å². The molecule has 0 saturated heterocycles. The molecule has 0 aromatic heterocycles. The van der Waals surface area contributed by atoms with Gasteiger partial charge in [0.2, 0.25) is 0 Å². The van der Waals surface area contributed by atoms with Gasteiger partial charge in [0.05, 0.1) is 18.2 Å². The Balaban J connectivity index is 2.64. The standard InChI is InChI=1S/C16H12F6O/c1-9-5-10(3-4-14(9)23-2)11-6-12(15(17,18)19)8-13(7-11)16(20,21)22/h3-8H,1-2H3. The van der Waals surface area contributed by atoms with E-state index in [0.29, 0.717) is 23.4 Å². The molecule has 124 valence electrons. The number of alkyl halides is 6. The third-order valence-electron chi connectivity index (χ3n) is 3.32. The number of hydrogen-bond donors (Lipinski definition) is 0. The fourth-order valence-electron chi connectivity index (χ4n) is 2.18. The zero-order chi connectivity index (χ0) is 17.4. The Morgan fingerprint density at radius 1 is 0.739 bits per heavy atom. The Hall–Kier alpha value is -2.18. The van der Waals surface area contributed by atoms with E-state index in [2.05, 4.69) is 0 Å². The van der Waals surface area contributed by atoms with Crippen LogP contribution < -0.4 is 4.74 Å². The number of ether oxygens (including phenoxy) is 1. The average molecular weight is 334 g/mol. The molecule has 0 radical (unpaired) electrons. The predicted octanol–water partition coefficient (Wildman–Crippen LogP) is 5.71. The summed E-state index contributed by atoms with van der Waals surface area (Å²) in [5, 5.41) is 0. The monoisotopic (exact) mass is 334 g/mol. The second kappa shape index (κ2) is 5.79. The van der Waals surface area contributed by atoms with Crippen molar-refractivity contribution in [3.63, 3.8) is 0 Å². The summed E-state index contributed by atoms with van der Waals surface area (Å²) in [5.41, 5.74) is -1.97. The van der Waals surface area contributed by atoms with Crippen molar-refractivity contribution < 1.29 is 31.1 Å². The summed E-state index contributed by atoms with van der Waals surface area (Å²) in [5.74, 6) is 0.497. The molecule has 0 heterocycles. The van der Waals surface area contributed by atoms with Gasteiger partial charge in [-0.3, -0.25) is 0 Å². The van der Waals surface area contributed by atoms with Crippen molar-refractivity contribution in [1.82, 2.24) is 0 Å². The molecule has 0 fully saturated rings. The number of rotatable bonds is 2. The molecule has 0 saturated carbocycles. The molecule has 0 N–H and O–H groups in total. The quantitative estimate of drug-likeness (QED) is 0.639. The first-order valence-corrected chi connectivity index (χ1v) is 6.47. The first-order chi connectivity index (χ1) is 10.5. The molecule has 0 atom stereocenters. The maximum atomic E-state index is 12.9. The van der Waals surface area contributed by atoms with E-state index in [0.717, 1.165) is 0 Å². The molecular formula is C16H12F6O. The molecule has 0 bridgehead atoms. The maximum absolute atomic E-state index is 12.9. The highest BCUT2D eigenvalue weighted by Gasteiger charge is 2.37. The van der Waals surface area contributed by atoms with Crippen LogP contribution in [0.3, 0.4) is 0 Å². The molecule has 0 spiro atoms. The van der Waals surface area contributed by atoms with E-state index in [-0.39, 0.29) is 17.2 Å². The fraction of sp³-hybridized carbons (Fsp3) is 0.250. The molecule has 7 heteroatoms. The minimum atomic E-state index is -4.86. The van der Waals surface area contributed by atoms with Gasteiger partial charge in [0.25, 0.3) is 0 Å². The van der Waals surface area contributed by atoms with Crippen LogP contribution in [0.15, 0.2) is 36.4 Å². The summed E-state index contributed by atoms with van der Waals surface area (Å²) in [6.45, 7) is 1.65. The fourth-order valence-corrected chi connectivity index (χ4v) is 2.18. The Kier molecular flexibility index (Phi) is 4.32. The van der Waals surface area contributed by atoms with Crippen LogP contribution in [-0.4, -0.2) is 7.11 Å². The molecule has 23 heavy (non-hydrogen) atoms. The smallest absolute Gasteiger partial charge is 0.416 e. The maximum Gasteiger partial charge on any atom is 0.416 e. The predicted molar refractivity (Wildman–Crippen MR) is 73.2 cm³/mol. The number of hydrogen-bond acceptors (Lipinski definition) is 1. The van der Waals surface area contributed by atoms with Gasteiger partial charge in [-0.15, -0.1) is 0 Å². The van der Waals surface area contributed by atoms with Crippen molar-refractivity contribution >= 4 is 0 Å². The van der Waals surface area contributed by atoms with E-state index in [1.165, 1.54) is 25.3 Å². The third-order valence-corrected chi connectivity index (χ3v) is 3.32. The topological polar surface area (TPSA) is 9.23 Å². The summed E-state index contributed by atoms with van der Waals surface area (Å²) in [7, 11) is 1.42. The summed E-state index contributed by atoms with van der Waals surface area (Å²) < 4.78 is 82.2. The lowest BCUT2D eigenvalue weighted by molar-refractivity contribution is -0.143. The minimum Gasteiger partial charge on any atom is -0.496 e. The molecule has 1 nitrogen and oxygen atoms in total. The van der Waals surface area contributed by atoms with Crippen molar-refractivity contribution in [2.24, 2.45) is 0 Å². The van der Waals surface area contributed by atoms with Gasteiger partial charge >= 0.3 is 12.4 Å². The number of methoxy groups -OCH3 is 1. The third kappa shape index (κ3) is 3.78. The molecule has 0 amide bonds. The number of aryl methyl sites for hydroxylation is 1. The van der Waals surface area contributed by atoms with Gasteiger partial charge in [-0.05, 0) is 53.9 Å². The van der Waals surface area contributed by atoms with E-state index in [4.69, 9.17) is 4.74 Å². The SMILES string of the molecule is COc1ccc(-c2cc(C(F)(F)F)cc(C(F)(F)F)c2)cc1C. The molecule has 0 aliphatic heterocycles. The normalized spacial score (nSPS) is 12.3. The van der Waals surface area contributed by atoms with Crippen LogP contribution in [0.2, 0.25) is 0 Å².